The van der Waals surface area contributed by atoms with Gasteiger partial charge < -0.3 is 9.47 Å². The summed E-state index contributed by atoms with van der Waals surface area (Å²) in [5.74, 6) is 0.556. The van der Waals surface area contributed by atoms with Crippen molar-refractivity contribution in [3.8, 4) is 17.6 Å². The molecule has 25 heavy (non-hydrogen) atoms. The minimum absolute atomic E-state index is 0.0529. The van der Waals surface area contributed by atoms with E-state index in [9.17, 15) is 10.1 Å². The molecular weight excluding hydrogens is 314 g/mol. The van der Waals surface area contributed by atoms with Gasteiger partial charge in [0, 0.05) is 0 Å². The van der Waals surface area contributed by atoms with Gasteiger partial charge in [0.15, 0.2) is 0 Å². The number of unbranched alkanes of at least 4 members (excludes halogenated alkanes) is 1. The summed E-state index contributed by atoms with van der Waals surface area (Å²) in [6.45, 7) is 4.63. The summed E-state index contributed by atoms with van der Waals surface area (Å²) >= 11 is 0. The molecule has 0 aliphatic carbocycles. The Morgan fingerprint density at radius 3 is 2.52 bits per heavy atom. The zero-order valence-corrected chi connectivity index (χ0v) is 14.5. The molecule has 128 valence electrons. The van der Waals surface area contributed by atoms with Crippen LogP contribution in [0.2, 0.25) is 0 Å². The number of esters is 1. The van der Waals surface area contributed by atoms with Crippen LogP contribution in [0.25, 0.3) is 6.08 Å². The summed E-state index contributed by atoms with van der Waals surface area (Å²) in [5.41, 5.74) is 1.52. The summed E-state index contributed by atoms with van der Waals surface area (Å²) in [6.07, 6.45) is 3.59. The van der Waals surface area contributed by atoms with Gasteiger partial charge in [0.2, 0.25) is 0 Å². The largest absolute Gasteiger partial charge is 0.494 e. The van der Waals surface area contributed by atoms with E-state index in [1.54, 1.807) is 24.3 Å². The maximum Gasteiger partial charge on any atom is 0.354 e. The lowest BCUT2D eigenvalue weighted by atomic mass is 10.1. The van der Waals surface area contributed by atoms with E-state index in [-0.39, 0.29) is 5.57 Å². The molecular formula is C21H21NO3. The Labute approximate surface area is 148 Å². The summed E-state index contributed by atoms with van der Waals surface area (Å²) in [7, 11) is 0. The van der Waals surface area contributed by atoms with E-state index in [0.29, 0.717) is 12.4 Å². The Morgan fingerprint density at radius 1 is 1.16 bits per heavy atom. The number of carbonyl (C=O) groups is 1. The standard InChI is InChI=1S/C21H21NO3/c1-3-4-13-24-19-11-9-17(10-12-19)14-18(15-22)21(23)25-20-8-6-5-7-16(20)2/h5-12,14H,3-4,13H2,1-2H3/b18-14+. The predicted octanol–water partition coefficient (Wildman–Crippen LogP) is 4.69. The smallest absolute Gasteiger partial charge is 0.354 e. The fraction of sp³-hybridized carbons (Fsp3) is 0.238. The fourth-order valence-corrected chi connectivity index (χ4v) is 2.12. The molecule has 4 heteroatoms. The van der Waals surface area contributed by atoms with Gasteiger partial charge in [0.25, 0.3) is 0 Å². The van der Waals surface area contributed by atoms with Crippen molar-refractivity contribution in [3.63, 3.8) is 0 Å². The molecule has 2 aromatic rings. The molecule has 4 nitrogen and oxygen atoms in total. The van der Waals surface area contributed by atoms with Crippen LogP contribution in [-0.2, 0) is 4.79 Å². The summed E-state index contributed by atoms with van der Waals surface area (Å²) in [4.78, 5) is 12.2. The normalized spacial score (nSPS) is 10.8. The minimum atomic E-state index is -0.667. The number of hydrogen-bond acceptors (Lipinski definition) is 4. The number of nitrogens with zero attached hydrogens (tertiary/aromatic N) is 1. The number of ether oxygens (including phenoxy) is 2. The first kappa shape index (κ1) is 18.3. The van der Waals surface area contributed by atoms with Crippen LogP contribution in [0.5, 0.6) is 11.5 Å². The van der Waals surface area contributed by atoms with Crippen molar-refractivity contribution in [1.29, 1.82) is 5.26 Å². The molecule has 0 saturated heterocycles. The van der Waals surface area contributed by atoms with E-state index in [4.69, 9.17) is 9.47 Å². The third kappa shape index (κ3) is 5.50. The maximum atomic E-state index is 12.2. The van der Waals surface area contributed by atoms with Gasteiger partial charge in [-0.15, -0.1) is 0 Å². The first-order valence-electron chi connectivity index (χ1n) is 8.26. The topological polar surface area (TPSA) is 59.3 Å². The molecule has 0 saturated carbocycles. The number of rotatable bonds is 7. The predicted molar refractivity (Wildman–Crippen MR) is 97.2 cm³/mol. The minimum Gasteiger partial charge on any atom is -0.494 e. The van der Waals surface area contributed by atoms with Gasteiger partial charge in [-0.05, 0) is 48.7 Å². The summed E-state index contributed by atoms with van der Waals surface area (Å²) < 4.78 is 10.9. The molecule has 0 fully saturated rings. The van der Waals surface area contributed by atoms with Crippen molar-refractivity contribution in [1.82, 2.24) is 0 Å². The van der Waals surface area contributed by atoms with Crippen LogP contribution in [0.3, 0.4) is 0 Å². The van der Waals surface area contributed by atoms with Crippen LogP contribution in [0.1, 0.15) is 30.9 Å². The molecule has 0 heterocycles. The Balaban J connectivity index is 2.07. The lowest BCUT2D eigenvalue weighted by Gasteiger charge is -2.07. The third-order valence-electron chi connectivity index (χ3n) is 3.59. The number of nitriles is 1. The van der Waals surface area contributed by atoms with Crippen molar-refractivity contribution in [2.45, 2.75) is 26.7 Å². The first-order valence-corrected chi connectivity index (χ1v) is 8.26. The van der Waals surface area contributed by atoms with Crippen LogP contribution in [0.15, 0.2) is 54.1 Å². The van der Waals surface area contributed by atoms with E-state index in [0.717, 1.165) is 29.7 Å². The number of aryl methyl sites for hydroxylation is 1. The number of hydrogen-bond donors (Lipinski definition) is 0. The summed E-state index contributed by atoms with van der Waals surface area (Å²) in [6, 6.07) is 16.3. The summed E-state index contributed by atoms with van der Waals surface area (Å²) in [5, 5.41) is 9.26. The van der Waals surface area contributed by atoms with Crippen molar-refractivity contribution in [2.75, 3.05) is 6.61 Å². The van der Waals surface area contributed by atoms with Gasteiger partial charge in [-0.25, -0.2) is 4.79 Å². The van der Waals surface area contributed by atoms with Crippen molar-refractivity contribution in [2.24, 2.45) is 0 Å². The van der Waals surface area contributed by atoms with Gasteiger partial charge in [-0.1, -0.05) is 43.7 Å². The molecule has 0 aromatic heterocycles. The second-order valence-electron chi connectivity index (χ2n) is 5.60. The zero-order valence-electron chi connectivity index (χ0n) is 14.5. The molecule has 0 spiro atoms. The average Bonchev–Trinajstić information content (AvgIpc) is 2.63. The Kier molecular flexibility index (Phi) is 6.79. The maximum absolute atomic E-state index is 12.2. The monoisotopic (exact) mass is 335 g/mol. The fourth-order valence-electron chi connectivity index (χ4n) is 2.12. The van der Waals surface area contributed by atoms with Crippen LogP contribution < -0.4 is 9.47 Å². The molecule has 0 bridgehead atoms. The lowest BCUT2D eigenvalue weighted by molar-refractivity contribution is -0.129. The third-order valence-corrected chi connectivity index (χ3v) is 3.59. The first-order chi connectivity index (χ1) is 12.1. The molecule has 0 atom stereocenters. The van der Waals surface area contributed by atoms with Gasteiger partial charge >= 0.3 is 5.97 Å². The van der Waals surface area contributed by atoms with E-state index >= 15 is 0 Å². The Morgan fingerprint density at radius 2 is 1.88 bits per heavy atom. The van der Waals surface area contributed by atoms with Crippen LogP contribution in [0, 0.1) is 18.3 Å². The molecule has 0 amide bonds. The van der Waals surface area contributed by atoms with Gasteiger partial charge in [-0.2, -0.15) is 5.26 Å². The van der Waals surface area contributed by atoms with E-state index < -0.39 is 5.97 Å². The highest BCUT2D eigenvalue weighted by atomic mass is 16.5. The van der Waals surface area contributed by atoms with Gasteiger partial charge in [0.05, 0.1) is 6.61 Å². The molecule has 0 radical (unpaired) electrons. The van der Waals surface area contributed by atoms with Crippen LogP contribution >= 0.6 is 0 Å². The van der Waals surface area contributed by atoms with E-state index in [1.807, 2.05) is 37.3 Å². The number of para-hydroxylation sites is 1. The van der Waals surface area contributed by atoms with Gasteiger partial charge in [-0.3, -0.25) is 0 Å². The molecule has 0 aliphatic rings. The van der Waals surface area contributed by atoms with Crippen molar-refractivity contribution < 1.29 is 14.3 Å². The van der Waals surface area contributed by atoms with Crippen molar-refractivity contribution >= 4 is 12.0 Å². The average molecular weight is 335 g/mol. The Bertz CT molecular complexity index is 786. The van der Waals surface area contributed by atoms with Gasteiger partial charge in [0.1, 0.15) is 23.1 Å². The second kappa shape index (κ2) is 9.29. The number of benzene rings is 2. The molecule has 2 aromatic carbocycles. The van der Waals surface area contributed by atoms with E-state index in [1.165, 1.54) is 6.08 Å². The molecule has 0 unspecified atom stereocenters. The van der Waals surface area contributed by atoms with E-state index in [2.05, 4.69) is 6.92 Å². The zero-order chi connectivity index (χ0) is 18.1. The number of carbonyl (C=O) groups excluding carboxylic acids is 1. The van der Waals surface area contributed by atoms with Crippen LogP contribution in [-0.4, -0.2) is 12.6 Å². The van der Waals surface area contributed by atoms with Crippen LogP contribution in [0.4, 0.5) is 0 Å². The highest BCUT2D eigenvalue weighted by Gasteiger charge is 2.13. The quantitative estimate of drug-likeness (QED) is 0.242. The Hall–Kier alpha value is -3.06. The molecule has 2 rings (SSSR count). The highest BCUT2D eigenvalue weighted by Crippen LogP contribution is 2.19. The lowest BCUT2D eigenvalue weighted by Crippen LogP contribution is -2.10. The second-order valence-corrected chi connectivity index (χ2v) is 5.60. The molecule has 0 N–H and O–H groups in total. The molecule has 0 aliphatic heterocycles. The van der Waals surface area contributed by atoms with Crippen molar-refractivity contribution in [3.05, 3.63) is 65.2 Å². The highest BCUT2D eigenvalue weighted by molar-refractivity contribution is 5.99. The SMILES string of the molecule is CCCCOc1ccc(/C=C(\C#N)C(=O)Oc2ccccc2C)cc1.